The maximum atomic E-state index is 9.76. The summed E-state index contributed by atoms with van der Waals surface area (Å²) < 4.78 is 0. The van der Waals surface area contributed by atoms with E-state index in [0.717, 1.165) is 30.6 Å². The van der Waals surface area contributed by atoms with Crippen LogP contribution in [0.4, 0.5) is 0 Å². The van der Waals surface area contributed by atoms with E-state index in [2.05, 4.69) is 6.92 Å². The van der Waals surface area contributed by atoms with Crippen LogP contribution in [-0.4, -0.2) is 16.0 Å². The van der Waals surface area contributed by atoms with Crippen molar-refractivity contribution in [3.8, 4) is 0 Å². The van der Waals surface area contributed by atoms with Crippen LogP contribution in [0.5, 0.6) is 0 Å². The van der Waals surface area contributed by atoms with Gasteiger partial charge in [-0.2, -0.15) is 0 Å². The maximum absolute atomic E-state index is 9.76. The summed E-state index contributed by atoms with van der Waals surface area (Å²) in [6, 6.07) is 0. The minimum absolute atomic E-state index is 0.0438. The first-order chi connectivity index (χ1) is 7.97. The summed E-state index contributed by atoms with van der Waals surface area (Å²) in [5.74, 6) is 1.19. The minimum atomic E-state index is -1.39. The van der Waals surface area contributed by atoms with Gasteiger partial charge < -0.3 is 10.2 Å². The van der Waals surface area contributed by atoms with Gasteiger partial charge in [0.1, 0.15) is 0 Å². The third-order valence-corrected chi connectivity index (χ3v) is 5.11. The van der Waals surface area contributed by atoms with Crippen LogP contribution in [0.15, 0.2) is 0 Å². The van der Waals surface area contributed by atoms with Gasteiger partial charge in [-0.15, -0.1) is 0 Å². The van der Waals surface area contributed by atoms with Crippen molar-refractivity contribution < 1.29 is 10.2 Å². The number of aliphatic hydroxyl groups is 2. The second-order valence-corrected chi connectivity index (χ2v) is 6.79. The molecule has 0 spiro atoms. The molecule has 0 radical (unpaired) electrons. The van der Waals surface area contributed by atoms with Gasteiger partial charge >= 0.3 is 0 Å². The Kier molecular flexibility index (Phi) is 4.14. The van der Waals surface area contributed by atoms with E-state index in [1.54, 1.807) is 0 Å². The van der Waals surface area contributed by atoms with Crippen molar-refractivity contribution in [2.45, 2.75) is 71.0 Å². The van der Waals surface area contributed by atoms with Gasteiger partial charge in [0.2, 0.25) is 0 Å². The summed E-state index contributed by atoms with van der Waals surface area (Å²) in [7, 11) is 0. The second-order valence-electron chi connectivity index (χ2n) is 6.79. The first-order valence-corrected chi connectivity index (χ1v) is 7.42. The Hall–Kier alpha value is -0.0800. The topological polar surface area (TPSA) is 40.5 Å². The molecule has 2 fully saturated rings. The number of hydrogen-bond acceptors (Lipinski definition) is 2. The van der Waals surface area contributed by atoms with Crippen molar-refractivity contribution in [3.63, 3.8) is 0 Å². The summed E-state index contributed by atoms with van der Waals surface area (Å²) >= 11 is 0. The van der Waals surface area contributed by atoms with E-state index in [-0.39, 0.29) is 5.92 Å². The van der Waals surface area contributed by atoms with Gasteiger partial charge in [-0.05, 0) is 43.4 Å². The first kappa shape index (κ1) is 13.4. The van der Waals surface area contributed by atoms with E-state index in [1.165, 1.54) is 32.1 Å². The summed E-state index contributed by atoms with van der Waals surface area (Å²) in [4.78, 5) is 0. The molecule has 2 nitrogen and oxygen atoms in total. The van der Waals surface area contributed by atoms with Gasteiger partial charge in [0.25, 0.3) is 0 Å². The van der Waals surface area contributed by atoms with Crippen molar-refractivity contribution in [1.82, 2.24) is 0 Å². The molecule has 2 aliphatic carbocycles. The summed E-state index contributed by atoms with van der Waals surface area (Å²) in [5, 5.41) is 19.5. The molecule has 2 N–H and O–H groups in total. The molecule has 2 saturated carbocycles. The van der Waals surface area contributed by atoms with Crippen molar-refractivity contribution >= 4 is 0 Å². The van der Waals surface area contributed by atoms with Crippen LogP contribution in [0.3, 0.4) is 0 Å². The van der Waals surface area contributed by atoms with Gasteiger partial charge in [-0.25, -0.2) is 0 Å². The molecule has 0 aliphatic heterocycles. The SMILES string of the molecule is CC1CCCC(CC2CCC(O)(O)C(C)C2)C1. The van der Waals surface area contributed by atoms with Gasteiger partial charge in [0, 0.05) is 12.3 Å². The zero-order valence-corrected chi connectivity index (χ0v) is 11.4. The van der Waals surface area contributed by atoms with Crippen molar-refractivity contribution in [3.05, 3.63) is 0 Å². The van der Waals surface area contributed by atoms with Crippen LogP contribution in [-0.2, 0) is 0 Å². The highest BCUT2D eigenvalue weighted by Gasteiger charge is 2.38. The minimum Gasteiger partial charge on any atom is -0.365 e. The Morgan fingerprint density at radius 2 is 1.71 bits per heavy atom. The molecule has 0 aromatic rings. The average molecular weight is 240 g/mol. The zero-order chi connectivity index (χ0) is 12.5. The Balaban J connectivity index is 1.80. The predicted molar refractivity (Wildman–Crippen MR) is 69.4 cm³/mol. The predicted octanol–water partition coefficient (Wildman–Crippen LogP) is 3.32. The second kappa shape index (κ2) is 5.27. The van der Waals surface area contributed by atoms with E-state index in [9.17, 15) is 10.2 Å². The van der Waals surface area contributed by atoms with E-state index in [0.29, 0.717) is 6.42 Å². The number of hydrogen-bond donors (Lipinski definition) is 2. The molecule has 0 aromatic heterocycles. The lowest BCUT2D eigenvalue weighted by atomic mass is 9.71. The molecule has 0 bridgehead atoms. The molecule has 0 amide bonds. The van der Waals surface area contributed by atoms with Crippen LogP contribution in [0, 0.1) is 23.7 Å². The van der Waals surface area contributed by atoms with Crippen LogP contribution in [0.1, 0.15) is 65.2 Å². The maximum Gasteiger partial charge on any atom is 0.165 e. The molecule has 2 aliphatic rings. The fourth-order valence-corrected chi connectivity index (χ4v) is 3.93. The smallest absolute Gasteiger partial charge is 0.165 e. The normalized spacial score (nSPS) is 42.4. The monoisotopic (exact) mass is 240 g/mol. The molecule has 4 unspecified atom stereocenters. The molecule has 17 heavy (non-hydrogen) atoms. The summed E-state index contributed by atoms with van der Waals surface area (Å²) in [6.45, 7) is 4.36. The number of rotatable bonds is 2. The first-order valence-electron chi connectivity index (χ1n) is 7.42. The fraction of sp³-hybridized carbons (Fsp3) is 1.00. The van der Waals surface area contributed by atoms with E-state index in [4.69, 9.17) is 0 Å². The molecule has 0 heterocycles. The van der Waals surface area contributed by atoms with Gasteiger partial charge in [-0.1, -0.05) is 33.1 Å². The van der Waals surface area contributed by atoms with Gasteiger partial charge in [0.15, 0.2) is 5.79 Å². The van der Waals surface area contributed by atoms with E-state index >= 15 is 0 Å². The molecular formula is C15H28O2. The third kappa shape index (κ3) is 3.45. The molecule has 2 heteroatoms. The fourth-order valence-electron chi connectivity index (χ4n) is 3.93. The quantitative estimate of drug-likeness (QED) is 0.727. The molecule has 0 saturated heterocycles. The lowest BCUT2D eigenvalue weighted by molar-refractivity contribution is -0.219. The van der Waals surface area contributed by atoms with Crippen molar-refractivity contribution in [2.24, 2.45) is 23.7 Å². The molecule has 2 rings (SSSR count). The van der Waals surface area contributed by atoms with E-state index in [1.807, 2.05) is 6.92 Å². The molecule has 0 aromatic carbocycles. The van der Waals surface area contributed by atoms with Crippen LogP contribution in [0.25, 0.3) is 0 Å². The molecular weight excluding hydrogens is 212 g/mol. The Morgan fingerprint density at radius 1 is 1.00 bits per heavy atom. The summed E-state index contributed by atoms with van der Waals surface area (Å²) in [6.07, 6.45) is 9.50. The largest absolute Gasteiger partial charge is 0.365 e. The highest BCUT2D eigenvalue weighted by molar-refractivity contribution is 4.84. The Labute approximate surface area is 105 Å². The zero-order valence-electron chi connectivity index (χ0n) is 11.4. The Morgan fingerprint density at radius 3 is 2.35 bits per heavy atom. The average Bonchev–Trinajstić information content (AvgIpc) is 2.24. The summed E-state index contributed by atoms with van der Waals surface area (Å²) in [5.41, 5.74) is 0. The lowest BCUT2D eigenvalue weighted by Gasteiger charge is -2.39. The van der Waals surface area contributed by atoms with E-state index < -0.39 is 5.79 Å². The highest BCUT2D eigenvalue weighted by Crippen LogP contribution is 2.41. The lowest BCUT2D eigenvalue weighted by Crippen LogP contribution is -2.41. The van der Waals surface area contributed by atoms with Crippen LogP contribution < -0.4 is 0 Å². The van der Waals surface area contributed by atoms with Gasteiger partial charge in [-0.3, -0.25) is 0 Å². The standard InChI is InChI=1S/C15H28O2/c1-11-4-3-5-13(8-11)10-14-6-7-15(16,17)12(2)9-14/h11-14,16-17H,3-10H2,1-2H3. The third-order valence-electron chi connectivity index (χ3n) is 5.11. The highest BCUT2D eigenvalue weighted by atomic mass is 16.5. The van der Waals surface area contributed by atoms with Gasteiger partial charge in [0.05, 0.1) is 0 Å². The van der Waals surface area contributed by atoms with Crippen LogP contribution in [0.2, 0.25) is 0 Å². The molecule has 4 atom stereocenters. The molecule has 100 valence electrons. The van der Waals surface area contributed by atoms with Crippen molar-refractivity contribution in [2.75, 3.05) is 0 Å². The van der Waals surface area contributed by atoms with Crippen LogP contribution >= 0.6 is 0 Å². The Bertz CT molecular complexity index is 249. The van der Waals surface area contributed by atoms with Crippen molar-refractivity contribution in [1.29, 1.82) is 0 Å².